The average molecular weight is 428 g/mol. The van der Waals surface area contributed by atoms with E-state index in [4.69, 9.17) is 4.74 Å². The zero-order valence-electron chi connectivity index (χ0n) is 17.3. The van der Waals surface area contributed by atoms with Crippen molar-refractivity contribution in [2.24, 2.45) is 5.92 Å². The number of hydrogen-bond donors (Lipinski definition) is 1. The van der Waals surface area contributed by atoms with Crippen molar-refractivity contribution >= 4 is 22.5 Å². The summed E-state index contributed by atoms with van der Waals surface area (Å²) in [5, 5.41) is 15.5. The van der Waals surface area contributed by atoms with Crippen LogP contribution in [0.5, 0.6) is 5.75 Å². The van der Waals surface area contributed by atoms with E-state index in [9.17, 15) is 13.6 Å². The Kier molecular flexibility index (Phi) is 5.30. The number of alkyl halides is 2. The number of carbonyl (C=O) groups excluding carboxylic acids is 1. The summed E-state index contributed by atoms with van der Waals surface area (Å²) in [6, 6.07) is 8.69. The molecule has 0 spiro atoms. The molecule has 0 aliphatic carbocycles. The molecule has 0 fully saturated rings. The molecule has 3 heterocycles. The number of nitrogens with zero attached hydrogens (tertiary/aromatic N) is 5. The summed E-state index contributed by atoms with van der Waals surface area (Å²) >= 11 is 0. The molecule has 0 bridgehead atoms. The summed E-state index contributed by atoms with van der Waals surface area (Å²) in [5.74, 6) is -4.26. The van der Waals surface area contributed by atoms with Gasteiger partial charge in [-0.2, -0.15) is 13.9 Å². The average Bonchev–Trinajstić information content (AvgIpc) is 3.35. The van der Waals surface area contributed by atoms with Gasteiger partial charge in [-0.25, -0.2) is 4.68 Å². The van der Waals surface area contributed by atoms with Crippen LogP contribution in [0.15, 0.2) is 49.1 Å². The van der Waals surface area contributed by atoms with Gasteiger partial charge in [-0.05, 0) is 36.2 Å². The number of nitrogens with one attached hydrogen (secondary N) is 1. The third kappa shape index (κ3) is 4.32. The van der Waals surface area contributed by atoms with Crippen LogP contribution in [-0.2, 0) is 4.79 Å². The summed E-state index contributed by atoms with van der Waals surface area (Å²) < 4.78 is 35.8. The Labute approximate surface area is 176 Å². The largest absolute Gasteiger partial charge is 0.491 e. The molecule has 0 aliphatic rings. The zero-order chi connectivity index (χ0) is 22.2. The molecule has 0 saturated heterocycles. The lowest BCUT2D eigenvalue weighted by molar-refractivity contribution is -0.144. The van der Waals surface area contributed by atoms with E-state index in [1.807, 2.05) is 44.3 Å². The fourth-order valence-corrected chi connectivity index (χ4v) is 3.13. The van der Waals surface area contributed by atoms with E-state index in [0.717, 1.165) is 22.2 Å². The number of aromatic nitrogens is 5. The molecule has 0 radical (unpaired) electrons. The topological polar surface area (TPSA) is 86.3 Å². The molecule has 4 rings (SSSR count). The van der Waals surface area contributed by atoms with Gasteiger partial charge in [0.05, 0.1) is 23.4 Å². The van der Waals surface area contributed by atoms with Crippen LogP contribution in [0.1, 0.15) is 20.8 Å². The number of hydrogen-bond acceptors (Lipinski definition) is 5. The number of pyridine rings is 1. The van der Waals surface area contributed by atoms with E-state index < -0.39 is 17.9 Å². The Hall–Kier alpha value is -3.56. The van der Waals surface area contributed by atoms with Gasteiger partial charge in [0, 0.05) is 18.5 Å². The Bertz CT molecular complexity index is 1230. The van der Waals surface area contributed by atoms with Crippen LogP contribution in [0, 0.1) is 5.92 Å². The van der Waals surface area contributed by atoms with Gasteiger partial charge in [-0.3, -0.25) is 9.20 Å². The summed E-state index contributed by atoms with van der Waals surface area (Å²) in [6.07, 6.45) is 5.22. The SMILES string of the molecule is CC(C)C(COc1ccc2c(cnn2-c2ccc3nncn3c2)c1)NC(=O)C(C)(F)F. The molecule has 1 amide bonds. The molecular formula is C21H22F2N6O2. The lowest BCUT2D eigenvalue weighted by Crippen LogP contribution is -2.48. The molecule has 1 unspecified atom stereocenters. The molecule has 8 nitrogen and oxygen atoms in total. The number of amides is 1. The fourth-order valence-electron chi connectivity index (χ4n) is 3.13. The summed E-state index contributed by atoms with van der Waals surface area (Å²) in [7, 11) is 0. The Morgan fingerprint density at radius 1 is 1.26 bits per heavy atom. The van der Waals surface area contributed by atoms with E-state index in [1.54, 1.807) is 27.7 Å². The van der Waals surface area contributed by atoms with E-state index in [-0.39, 0.29) is 12.5 Å². The maximum Gasteiger partial charge on any atom is 0.321 e. The normalized spacial score (nSPS) is 13.1. The third-order valence-electron chi connectivity index (χ3n) is 5.01. The minimum Gasteiger partial charge on any atom is -0.491 e. The monoisotopic (exact) mass is 428 g/mol. The predicted octanol–water partition coefficient (Wildman–Crippen LogP) is 3.24. The first-order chi connectivity index (χ1) is 14.7. The van der Waals surface area contributed by atoms with Crippen LogP contribution in [0.3, 0.4) is 0 Å². The molecule has 3 aromatic heterocycles. The van der Waals surface area contributed by atoms with Crippen molar-refractivity contribution in [2.45, 2.75) is 32.7 Å². The number of ether oxygens (including phenoxy) is 1. The minimum atomic E-state index is -3.43. The molecule has 162 valence electrons. The quantitative estimate of drug-likeness (QED) is 0.488. The van der Waals surface area contributed by atoms with Crippen molar-refractivity contribution < 1.29 is 18.3 Å². The standard InChI is InChI=1S/C21H22F2N6O2/c1-13(2)17(26-20(30)21(3,22)23)11-31-16-5-6-18-14(8-16)9-25-29(18)15-4-7-19-27-24-12-28(19)10-15/h4-10,12-13,17H,11H2,1-3H3,(H,26,30). The second kappa shape index (κ2) is 7.93. The van der Waals surface area contributed by atoms with Crippen LogP contribution in [0.2, 0.25) is 0 Å². The van der Waals surface area contributed by atoms with Gasteiger partial charge in [-0.1, -0.05) is 13.8 Å². The van der Waals surface area contributed by atoms with Gasteiger partial charge in [0.25, 0.3) is 5.91 Å². The first-order valence-electron chi connectivity index (χ1n) is 9.81. The van der Waals surface area contributed by atoms with E-state index >= 15 is 0 Å². The van der Waals surface area contributed by atoms with Crippen molar-refractivity contribution in [3.63, 3.8) is 0 Å². The van der Waals surface area contributed by atoms with Crippen molar-refractivity contribution in [1.82, 2.24) is 29.7 Å². The Balaban J connectivity index is 1.51. The highest BCUT2D eigenvalue weighted by Crippen LogP contribution is 2.24. The van der Waals surface area contributed by atoms with Crippen molar-refractivity contribution in [3.05, 3.63) is 49.1 Å². The van der Waals surface area contributed by atoms with Crippen LogP contribution in [0.4, 0.5) is 8.78 Å². The Morgan fingerprint density at radius 3 is 2.81 bits per heavy atom. The minimum absolute atomic E-state index is 0.0728. The molecule has 10 heteroatoms. The number of benzene rings is 1. The predicted molar refractivity (Wildman–Crippen MR) is 110 cm³/mol. The maximum atomic E-state index is 13.2. The van der Waals surface area contributed by atoms with Gasteiger partial charge < -0.3 is 10.1 Å². The fraction of sp³-hybridized carbons (Fsp3) is 0.333. The first kappa shape index (κ1) is 20.7. The van der Waals surface area contributed by atoms with Crippen LogP contribution in [0.25, 0.3) is 22.2 Å². The highest BCUT2D eigenvalue weighted by Gasteiger charge is 2.34. The summed E-state index contributed by atoms with van der Waals surface area (Å²) in [6.45, 7) is 4.32. The summed E-state index contributed by atoms with van der Waals surface area (Å²) in [5.41, 5.74) is 2.46. The molecule has 1 atom stereocenters. The molecule has 0 saturated carbocycles. The lowest BCUT2D eigenvalue weighted by atomic mass is 10.1. The van der Waals surface area contributed by atoms with Gasteiger partial charge in [-0.15, -0.1) is 10.2 Å². The number of fused-ring (bicyclic) bond motifs is 2. The number of carbonyl (C=O) groups is 1. The smallest absolute Gasteiger partial charge is 0.321 e. The first-order valence-corrected chi connectivity index (χ1v) is 9.81. The van der Waals surface area contributed by atoms with E-state index in [2.05, 4.69) is 20.6 Å². The van der Waals surface area contributed by atoms with Gasteiger partial charge in [0.15, 0.2) is 5.65 Å². The van der Waals surface area contributed by atoms with Gasteiger partial charge >= 0.3 is 5.92 Å². The second-order valence-corrected chi connectivity index (χ2v) is 7.78. The van der Waals surface area contributed by atoms with Crippen LogP contribution in [-0.4, -0.2) is 48.9 Å². The van der Waals surface area contributed by atoms with Crippen molar-refractivity contribution in [1.29, 1.82) is 0 Å². The summed E-state index contributed by atoms with van der Waals surface area (Å²) in [4.78, 5) is 11.6. The maximum absolute atomic E-state index is 13.2. The third-order valence-corrected chi connectivity index (χ3v) is 5.01. The van der Waals surface area contributed by atoms with Crippen molar-refractivity contribution in [2.75, 3.05) is 6.61 Å². The molecule has 0 aliphatic heterocycles. The van der Waals surface area contributed by atoms with Crippen LogP contribution >= 0.6 is 0 Å². The zero-order valence-corrected chi connectivity index (χ0v) is 17.3. The molecule has 4 aromatic rings. The highest BCUT2D eigenvalue weighted by molar-refractivity contribution is 5.83. The van der Waals surface area contributed by atoms with Crippen LogP contribution < -0.4 is 10.1 Å². The number of halogens is 2. The van der Waals surface area contributed by atoms with Crippen molar-refractivity contribution in [3.8, 4) is 11.4 Å². The molecule has 31 heavy (non-hydrogen) atoms. The van der Waals surface area contributed by atoms with E-state index in [0.29, 0.717) is 12.7 Å². The lowest BCUT2D eigenvalue weighted by Gasteiger charge is -2.24. The second-order valence-electron chi connectivity index (χ2n) is 7.78. The number of rotatable bonds is 7. The van der Waals surface area contributed by atoms with E-state index in [1.165, 1.54) is 0 Å². The molecule has 1 N–H and O–H groups in total. The van der Waals surface area contributed by atoms with Gasteiger partial charge in [0.2, 0.25) is 0 Å². The molecular weight excluding hydrogens is 406 g/mol. The van der Waals surface area contributed by atoms with Gasteiger partial charge in [0.1, 0.15) is 18.7 Å². The highest BCUT2D eigenvalue weighted by atomic mass is 19.3. The molecule has 1 aromatic carbocycles. The Morgan fingerprint density at radius 2 is 2.06 bits per heavy atom.